The van der Waals surface area contributed by atoms with Crippen molar-refractivity contribution in [2.45, 2.75) is 24.0 Å². The summed E-state index contributed by atoms with van der Waals surface area (Å²) in [5.41, 5.74) is 3.83. The van der Waals surface area contributed by atoms with Crippen molar-refractivity contribution in [1.82, 2.24) is 0 Å². The lowest BCUT2D eigenvalue weighted by Gasteiger charge is -2.35. The maximum Gasteiger partial charge on any atom is 0.138 e. The number of allylic oxidation sites excluding steroid dienone is 1. The number of nitrogens with one attached hydrogen (secondary N) is 1. The van der Waals surface area contributed by atoms with Gasteiger partial charge in [0, 0.05) is 11.6 Å². The first-order chi connectivity index (χ1) is 10.4. The van der Waals surface area contributed by atoms with Gasteiger partial charge in [0.15, 0.2) is 0 Å². The van der Waals surface area contributed by atoms with E-state index in [2.05, 4.69) is 72.6 Å². The number of fused-ring (bicyclic) bond motifs is 3. The third kappa shape index (κ3) is 1.69. The second-order valence-electron chi connectivity index (χ2n) is 5.86. The molecule has 2 aliphatic heterocycles. The van der Waals surface area contributed by atoms with Crippen LogP contribution in [0, 0.1) is 0 Å². The molecule has 2 heteroatoms. The lowest BCUT2D eigenvalue weighted by molar-refractivity contribution is 0.103. The Balaban J connectivity index is 1.89. The van der Waals surface area contributed by atoms with Crippen molar-refractivity contribution in [3.63, 3.8) is 0 Å². The molecule has 0 bridgehead atoms. The van der Waals surface area contributed by atoms with Crippen molar-refractivity contribution < 1.29 is 4.74 Å². The molecular formula is C19H19NO. The maximum atomic E-state index is 6.01. The molecule has 0 saturated carbocycles. The Morgan fingerprint density at radius 1 is 1.14 bits per heavy atom. The van der Waals surface area contributed by atoms with Crippen LogP contribution in [0.1, 0.15) is 23.5 Å². The molecule has 1 fully saturated rings. The third-order valence-electron chi connectivity index (χ3n) is 4.93. The summed E-state index contributed by atoms with van der Waals surface area (Å²) in [6, 6.07) is 19.2. The molecule has 1 N–H and O–H groups in total. The second kappa shape index (κ2) is 4.74. The Labute approximate surface area is 125 Å². The lowest BCUT2D eigenvalue weighted by Crippen LogP contribution is -2.39. The lowest BCUT2D eigenvalue weighted by atomic mass is 9.67. The summed E-state index contributed by atoms with van der Waals surface area (Å²) < 4.78 is 6.01. The average molecular weight is 277 g/mol. The van der Waals surface area contributed by atoms with Gasteiger partial charge < -0.3 is 10.1 Å². The molecular weight excluding hydrogens is 258 g/mol. The molecule has 0 unspecified atom stereocenters. The molecule has 0 spiro atoms. The minimum atomic E-state index is -0.0420. The Morgan fingerprint density at radius 3 is 2.71 bits per heavy atom. The van der Waals surface area contributed by atoms with Crippen LogP contribution in [-0.4, -0.2) is 12.8 Å². The van der Waals surface area contributed by atoms with E-state index in [9.17, 15) is 0 Å². The van der Waals surface area contributed by atoms with E-state index in [-0.39, 0.29) is 17.6 Å². The maximum absolute atomic E-state index is 6.01. The molecule has 4 rings (SSSR count). The number of anilines is 1. The molecule has 0 aliphatic carbocycles. The highest BCUT2D eigenvalue weighted by molar-refractivity contribution is 5.64. The van der Waals surface area contributed by atoms with E-state index in [0.717, 1.165) is 13.0 Å². The summed E-state index contributed by atoms with van der Waals surface area (Å²) in [6.45, 7) is 4.92. The highest BCUT2D eigenvalue weighted by Crippen LogP contribution is 2.55. The summed E-state index contributed by atoms with van der Waals surface area (Å²) in [4.78, 5) is 0. The first-order valence-corrected chi connectivity index (χ1v) is 7.51. The van der Waals surface area contributed by atoms with Crippen LogP contribution in [0.4, 0.5) is 5.69 Å². The van der Waals surface area contributed by atoms with Gasteiger partial charge in [-0.05, 0) is 23.6 Å². The van der Waals surface area contributed by atoms with E-state index >= 15 is 0 Å². The summed E-state index contributed by atoms with van der Waals surface area (Å²) in [6.07, 6.45) is 3.15. The quantitative estimate of drug-likeness (QED) is 0.854. The van der Waals surface area contributed by atoms with Crippen molar-refractivity contribution in [3.8, 4) is 0 Å². The number of hydrogen-bond donors (Lipinski definition) is 1. The SMILES string of the molecule is C=C[C@@H](c1ccccc1)[C@@]12CCO[C@@H]1Nc1ccccc12. The average Bonchev–Trinajstić information content (AvgIpc) is 3.06. The standard InChI is InChI=1S/C19H19NO/c1-2-15(14-8-4-3-5-9-14)19-12-13-21-18(19)20-17-11-7-6-10-16(17)19/h2-11,15,18,20H,1,12-13H2/t15-,18-,19+/m0/s1. The van der Waals surface area contributed by atoms with E-state index in [0.29, 0.717) is 0 Å². The number of ether oxygens (including phenoxy) is 1. The minimum absolute atomic E-state index is 0.0399. The van der Waals surface area contributed by atoms with Crippen LogP contribution in [0.5, 0.6) is 0 Å². The normalized spacial score (nSPS) is 27.5. The Hall–Kier alpha value is -2.06. The predicted molar refractivity (Wildman–Crippen MR) is 85.5 cm³/mol. The summed E-state index contributed by atoms with van der Waals surface area (Å²) in [5.74, 6) is 0.252. The van der Waals surface area contributed by atoms with Gasteiger partial charge in [-0.1, -0.05) is 54.6 Å². The van der Waals surface area contributed by atoms with E-state index < -0.39 is 0 Å². The molecule has 0 radical (unpaired) electrons. The molecule has 2 aliphatic rings. The zero-order chi connectivity index (χ0) is 14.3. The van der Waals surface area contributed by atoms with E-state index in [1.54, 1.807) is 0 Å². The molecule has 2 heterocycles. The first-order valence-electron chi connectivity index (χ1n) is 7.51. The van der Waals surface area contributed by atoms with Crippen LogP contribution in [0.25, 0.3) is 0 Å². The van der Waals surface area contributed by atoms with Crippen LogP contribution < -0.4 is 5.32 Å². The Kier molecular flexibility index (Phi) is 2.86. The number of benzene rings is 2. The molecule has 2 aromatic rings. The van der Waals surface area contributed by atoms with Gasteiger partial charge in [-0.25, -0.2) is 0 Å². The van der Waals surface area contributed by atoms with E-state index in [4.69, 9.17) is 4.74 Å². The van der Waals surface area contributed by atoms with Gasteiger partial charge in [-0.2, -0.15) is 0 Å². The number of para-hydroxylation sites is 1. The van der Waals surface area contributed by atoms with Crippen molar-refractivity contribution >= 4 is 5.69 Å². The second-order valence-corrected chi connectivity index (χ2v) is 5.86. The fourth-order valence-corrected chi connectivity index (χ4v) is 4.02. The van der Waals surface area contributed by atoms with Crippen LogP contribution in [0.15, 0.2) is 67.3 Å². The van der Waals surface area contributed by atoms with Crippen molar-refractivity contribution in [1.29, 1.82) is 0 Å². The molecule has 1 saturated heterocycles. The van der Waals surface area contributed by atoms with Gasteiger partial charge in [0.05, 0.1) is 12.0 Å². The van der Waals surface area contributed by atoms with Gasteiger partial charge >= 0.3 is 0 Å². The Morgan fingerprint density at radius 2 is 1.90 bits per heavy atom. The molecule has 3 atom stereocenters. The molecule has 0 amide bonds. The largest absolute Gasteiger partial charge is 0.359 e. The minimum Gasteiger partial charge on any atom is -0.359 e. The fraction of sp³-hybridized carbons (Fsp3) is 0.263. The highest BCUT2D eigenvalue weighted by atomic mass is 16.5. The summed E-state index contributed by atoms with van der Waals surface area (Å²) in [7, 11) is 0. The van der Waals surface area contributed by atoms with E-state index in [1.165, 1.54) is 16.8 Å². The topological polar surface area (TPSA) is 21.3 Å². The van der Waals surface area contributed by atoms with Gasteiger partial charge in [0.25, 0.3) is 0 Å². The Bertz CT molecular complexity index is 666. The monoisotopic (exact) mass is 277 g/mol. The molecule has 2 aromatic carbocycles. The summed E-state index contributed by atoms with van der Waals surface area (Å²) >= 11 is 0. The third-order valence-corrected chi connectivity index (χ3v) is 4.93. The summed E-state index contributed by atoms with van der Waals surface area (Å²) in [5, 5.41) is 3.55. The van der Waals surface area contributed by atoms with Gasteiger partial charge in [-0.15, -0.1) is 6.58 Å². The van der Waals surface area contributed by atoms with Gasteiger partial charge in [0.2, 0.25) is 0 Å². The van der Waals surface area contributed by atoms with Crippen molar-refractivity contribution in [2.24, 2.45) is 0 Å². The van der Waals surface area contributed by atoms with Gasteiger partial charge in [0.1, 0.15) is 6.23 Å². The van der Waals surface area contributed by atoms with Crippen LogP contribution in [0.2, 0.25) is 0 Å². The molecule has 21 heavy (non-hydrogen) atoms. The number of rotatable bonds is 3. The number of hydrogen-bond acceptors (Lipinski definition) is 2. The molecule has 2 nitrogen and oxygen atoms in total. The molecule has 0 aromatic heterocycles. The van der Waals surface area contributed by atoms with Gasteiger partial charge in [-0.3, -0.25) is 0 Å². The zero-order valence-corrected chi connectivity index (χ0v) is 12.0. The first kappa shape index (κ1) is 12.7. The smallest absolute Gasteiger partial charge is 0.138 e. The van der Waals surface area contributed by atoms with Crippen LogP contribution in [-0.2, 0) is 10.2 Å². The zero-order valence-electron chi connectivity index (χ0n) is 12.0. The predicted octanol–water partition coefficient (Wildman–Crippen LogP) is 4.07. The van der Waals surface area contributed by atoms with Crippen LogP contribution in [0.3, 0.4) is 0 Å². The highest BCUT2D eigenvalue weighted by Gasteiger charge is 2.55. The van der Waals surface area contributed by atoms with Crippen molar-refractivity contribution in [3.05, 3.63) is 78.4 Å². The van der Waals surface area contributed by atoms with Crippen LogP contribution >= 0.6 is 0 Å². The van der Waals surface area contributed by atoms with Crippen molar-refractivity contribution in [2.75, 3.05) is 11.9 Å². The fourth-order valence-electron chi connectivity index (χ4n) is 4.02. The van der Waals surface area contributed by atoms with E-state index in [1.807, 2.05) is 0 Å². The molecule has 106 valence electrons.